The number of carboxylic acids is 1. The van der Waals surface area contributed by atoms with Gasteiger partial charge < -0.3 is 14.7 Å². The van der Waals surface area contributed by atoms with Crippen LogP contribution < -0.4 is 4.74 Å². The Bertz CT molecular complexity index is 1000. The summed E-state index contributed by atoms with van der Waals surface area (Å²) in [5, 5.41) is 9.67. The number of carboxylic acid groups (broad SMARTS) is 1. The molecule has 2 atom stereocenters. The second-order valence-electron chi connectivity index (χ2n) is 9.43. The summed E-state index contributed by atoms with van der Waals surface area (Å²) in [5.41, 5.74) is 3.07. The summed E-state index contributed by atoms with van der Waals surface area (Å²) in [4.78, 5) is 31.0. The normalized spacial score (nSPS) is 20.1. The maximum absolute atomic E-state index is 12.8. The Morgan fingerprint density at radius 2 is 1.79 bits per heavy atom. The van der Waals surface area contributed by atoms with E-state index in [9.17, 15) is 14.7 Å². The summed E-state index contributed by atoms with van der Waals surface area (Å²) in [5.74, 6) is 0.772. The van der Waals surface area contributed by atoms with Crippen molar-refractivity contribution in [2.45, 2.75) is 51.9 Å². The SMILES string of the molecule is CCc1ccc(CCOc2ccc(/C=C(/CC(=O)N3C[C@H]4CCCC[C@H]4C3)C(=O)O)cc2)nc1. The molecule has 2 heterocycles. The number of aryl methyl sites for hydroxylation is 1. The van der Waals surface area contributed by atoms with Crippen molar-refractivity contribution in [3.8, 4) is 5.75 Å². The number of fused-ring (bicyclic) bond motifs is 1. The molecule has 6 nitrogen and oxygen atoms in total. The molecule has 34 heavy (non-hydrogen) atoms. The van der Waals surface area contributed by atoms with Crippen LogP contribution in [0.4, 0.5) is 0 Å². The Labute approximate surface area is 201 Å². The lowest BCUT2D eigenvalue weighted by Gasteiger charge is -2.22. The number of carbonyl (C=O) groups excluding carboxylic acids is 1. The van der Waals surface area contributed by atoms with Gasteiger partial charge in [0.25, 0.3) is 0 Å². The van der Waals surface area contributed by atoms with E-state index >= 15 is 0 Å². The van der Waals surface area contributed by atoms with Crippen molar-refractivity contribution < 1.29 is 19.4 Å². The van der Waals surface area contributed by atoms with E-state index in [2.05, 4.69) is 18.0 Å². The molecule has 0 bridgehead atoms. The standard InChI is InChI=1S/C28H34N2O4/c1-2-20-7-10-25(29-17-20)13-14-34-26-11-8-21(9-12-26)15-24(28(32)33)16-27(31)30-18-22-5-3-4-6-23(22)19-30/h7-12,15,17,22-23H,2-6,13-14,16,18-19H2,1H3,(H,32,33)/b24-15-/t22-,23+. The highest BCUT2D eigenvalue weighted by molar-refractivity contribution is 5.98. The van der Waals surface area contributed by atoms with E-state index in [4.69, 9.17) is 4.74 Å². The first kappa shape index (κ1) is 24.0. The largest absolute Gasteiger partial charge is 0.493 e. The van der Waals surface area contributed by atoms with E-state index < -0.39 is 5.97 Å². The van der Waals surface area contributed by atoms with Crippen molar-refractivity contribution in [2.75, 3.05) is 19.7 Å². The molecule has 1 amide bonds. The van der Waals surface area contributed by atoms with E-state index in [1.165, 1.54) is 31.2 Å². The van der Waals surface area contributed by atoms with Crippen LogP contribution in [0.25, 0.3) is 6.08 Å². The van der Waals surface area contributed by atoms with Crippen molar-refractivity contribution in [3.63, 3.8) is 0 Å². The average molecular weight is 463 g/mol. The lowest BCUT2D eigenvalue weighted by Crippen LogP contribution is -2.29. The van der Waals surface area contributed by atoms with Crippen molar-refractivity contribution >= 4 is 18.0 Å². The zero-order chi connectivity index (χ0) is 23.9. The number of amides is 1. The molecular weight excluding hydrogens is 428 g/mol. The molecule has 1 aliphatic carbocycles. The number of carbonyl (C=O) groups is 2. The Morgan fingerprint density at radius 3 is 2.38 bits per heavy atom. The monoisotopic (exact) mass is 462 g/mol. The summed E-state index contributed by atoms with van der Waals surface area (Å²) in [6, 6.07) is 11.4. The van der Waals surface area contributed by atoms with Gasteiger partial charge in [0.05, 0.1) is 13.0 Å². The van der Waals surface area contributed by atoms with Gasteiger partial charge in [0.2, 0.25) is 5.91 Å². The minimum atomic E-state index is -1.05. The fourth-order valence-electron chi connectivity index (χ4n) is 5.02. The molecule has 1 N–H and O–H groups in total. The summed E-state index contributed by atoms with van der Waals surface area (Å²) in [7, 11) is 0. The van der Waals surface area contributed by atoms with E-state index in [1.54, 1.807) is 6.08 Å². The predicted molar refractivity (Wildman–Crippen MR) is 132 cm³/mol. The number of pyridine rings is 1. The molecule has 1 aromatic heterocycles. The van der Waals surface area contributed by atoms with E-state index in [-0.39, 0.29) is 17.9 Å². The number of nitrogens with zero attached hydrogens (tertiary/aromatic N) is 2. The van der Waals surface area contributed by atoms with E-state index in [1.807, 2.05) is 41.4 Å². The van der Waals surface area contributed by atoms with Crippen LogP contribution in [0, 0.1) is 11.8 Å². The van der Waals surface area contributed by atoms with Gasteiger partial charge in [-0.1, -0.05) is 38.0 Å². The number of likely N-dealkylation sites (tertiary alicyclic amines) is 1. The van der Waals surface area contributed by atoms with Crippen LogP contribution in [0.5, 0.6) is 5.75 Å². The van der Waals surface area contributed by atoms with Crippen LogP contribution in [-0.4, -0.2) is 46.6 Å². The molecule has 2 aromatic rings. The predicted octanol–water partition coefficient (Wildman–Crippen LogP) is 4.77. The fraction of sp³-hybridized carbons (Fsp3) is 0.464. The Morgan fingerprint density at radius 1 is 1.09 bits per heavy atom. The van der Waals surface area contributed by atoms with Crippen molar-refractivity contribution in [1.29, 1.82) is 0 Å². The lowest BCUT2D eigenvalue weighted by atomic mass is 9.82. The summed E-state index contributed by atoms with van der Waals surface area (Å²) in [6.45, 7) is 4.18. The first-order valence-corrected chi connectivity index (χ1v) is 12.4. The first-order chi connectivity index (χ1) is 16.5. The Hall–Kier alpha value is -3.15. The molecule has 1 aromatic carbocycles. The number of benzene rings is 1. The molecule has 4 rings (SSSR count). The highest BCUT2D eigenvalue weighted by Gasteiger charge is 2.36. The number of aromatic nitrogens is 1. The van der Waals surface area contributed by atoms with Gasteiger partial charge in [-0.25, -0.2) is 4.79 Å². The van der Waals surface area contributed by atoms with Crippen molar-refractivity contribution in [2.24, 2.45) is 11.8 Å². The molecule has 0 radical (unpaired) electrons. The van der Waals surface area contributed by atoms with Gasteiger partial charge in [-0.3, -0.25) is 9.78 Å². The average Bonchev–Trinajstić information content (AvgIpc) is 3.29. The molecule has 6 heteroatoms. The number of rotatable bonds is 9. The number of ether oxygens (including phenoxy) is 1. The quantitative estimate of drug-likeness (QED) is 0.543. The van der Waals surface area contributed by atoms with Gasteiger partial charge in [0.1, 0.15) is 5.75 Å². The molecule has 2 aliphatic rings. The zero-order valence-corrected chi connectivity index (χ0v) is 19.9. The molecule has 1 saturated carbocycles. The van der Waals surface area contributed by atoms with Crippen LogP contribution >= 0.6 is 0 Å². The van der Waals surface area contributed by atoms with Gasteiger partial charge in [-0.2, -0.15) is 0 Å². The maximum Gasteiger partial charge on any atom is 0.332 e. The van der Waals surface area contributed by atoms with Gasteiger partial charge >= 0.3 is 5.97 Å². The van der Waals surface area contributed by atoms with Crippen LogP contribution in [0.1, 0.15) is 55.8 Å². The van der Waals surface area contributed by atoms with Gasteiger partial charge in [0, 0.05) is 37.0 Å². The Kier molecular flexibility index (Phi) is 7.99. The first-order valence-electron chi connectivity index (χ1n) is 12.4. The molecule has 0 spiro atoms. The molecule has 2 fully saturated rings. The topological polar surface area (TPSA) is 79.7 Å². The van der Waals surface area contributed by atoms with Gasteiger partial charge in [-0.15, -0.1) is 0 Å². The van der Waals surface area contributed by atoms with Gasteiger partial charge in [0.15, 0.2) is 0 Å². The Balaban J connectivity index is 1.30. The van der Waals surface area contributed by atoms with Crippen LogP contribution in [0.2, 0.25) is 0 Å². The van der Waals surface area contributed by atoms with E-state index in [0.29, 0.717) is 18.4 Å². The van der Waals surface area contributed by atoms with Crippen LogP contribution in [0.3, 0.4) is 0 Å². The second kappa shape index (κ2) is 11.3. The fourth-order valence-corrected chi connectivity index (χ4v) is 5.02. The number of hydrogen-bond acceptors (Lipinski definition) is 4. The van der Waals surface area contributed by atoms with Crippen molar-refractivity contribution in [1.82, 2.24) is 9.88 Å². The third-order valence-electron chi connectivity index (χ3n) is 7.09. The summed E-state index contributed by atoms with van der Waals surface area (Å²) < 4.78 is 5.81. The molecular formula is C28H34N2O4. The number of hydrogen-bond donors (Lipinski definition) is 1. The zero-order valence-electron chi connectivity index (χ0n) is 19.9. The molecule has 180 valence electrons. The van der Waals surface area contributed by atoms with Crippen molar-refractivity contribution in [3.05, 3.63) is 65.0 Å². The highest BCUT2D eigenvalue weighted by atomic mass is 16.5. The third-order valence-corrected chi connectivity index (χ3v) is 7.09. The van der Waals surface area contributed by atoms with Gasteiger partial charge in [-0.05, 0) is 66.5 Å². The second-order valence-corrected chi connectivity index (χ2v) is 9.43. The molecule has 1 aliphatic heterocycles. The minimum Gasteiger partial charge on any atom is -0.493 e. The summed E-state index contributed by atoms with van der Waals surface area (Å²) >= 11 is 0. The minimum absolute atomic E-state index is 0.0726. The summed E-state index contributed by atoms with van der Waals surface area (Å²) in [6.07, 6.45) is 9.97. The molecule has 0 unspecified atom stereocenters. The number of aliphatic carboxylic acids is 1. The van der Waals surface area contributed by atoms with E-state index in [0.717, 1.165) is 42.9 Å². The lowest BCUT2D eigenvalue weighted by molar-refractivity contribution is -0.136. The maximum atomic E-state index is 12.8. The third kappa shape index (κ3) is 6.25. The molecule has 1 saturated heterocycles. The smallest absolute Gasteiger partial charge is 0.332 e. The van der Waals surface area contributed by atoms with Crippen LogP contribution in [0.15, 0.2) is 48.2 Å². The highest BCUT2D eigenvalue weighted by Crippen LogP contribution is 2.36. The van der Waals surface area contributed by atoms with Crippen LogP contribution in [-0.2, 0) is 22.4 Å².